The Hall–Kier alpha value is -3.23. The van der Waals surface area contributed by atoms with E-state index in [1.54, 1.807) is 60.7 Å². The first-order chi connectivity index (χ1) is 15.5. The summed E-state index contributed by atoms with van der Waals surface area (Å²) in [5.41, 5.74) is 0.708. The Labute approximate surface area is 186 Å². The Morgan fingerprint density at radius 1 is 0.875 bits per heavy atom. The number of aliphatic hydroxyl groups excluding tert-OH is 1. The van der Waals surface area contributed by atoms with Crippen LogP contribution in [0.2, 0.25) is 0 Å². The number of benzene rings is 2. The van der Waals surface area contributed by atoms with Crippen LogP contribution in [0.5, 0.6) is 0 Å². The van der Waals surface area contributed by atoms with Crippen LogP contribution in [0, 0.1) is 0 Å². The standard InChI is InChI=1S/C24H26O8/c1-16(25)29-14-8-13-19-21(26)22(32-24(28)18-11-6-3-7-12-18)20(31-19)15-30-23(27)17-9-4-2-5-10-17/h2-7,9-12,19-22,26H,8,13-15H2,1H3/t19-,20+,21?,22?/m1/s1. The lowest BCUT2D eigenvalue weighted by Gasteiger charge is -2.21. The van der Waals surface area contributed by atoms with Crippen molar-refractivity contribution >= 4 is 17.9 Å². The van der Waals surface area contributed by atoms with Crippen molar-refractivity contribution in [2.24, 2.45) is 0 Å². The number of rotatable bonds is 9. The molecular weight excluding hydrogens is 416 g/mol. The molecule has 1 heterocycles. The molecule has 1 N–H and O–H groups in total. The minimum Gasteiger partial charge on any atom is -0.466 e. The first-order valence-corrected chi connectivity index (χ1v) is 10.4. The van der Waals surface area contributed by atoms with Crippen LogP contribution in [0.1, 0.15) is 40.5 Å². The van der Waals surface area contributed by atoms with Gasteiger partial charge in [-0.3, -0.25) is 4.79 Å². The van der Waals surface area contributed by atoms with Crippen LogP contribution < -0.4 is 0 Å². The third-order valence-corrected chi connectivity index (χ3v) is 5.01. The molecule has 0 aromatic heterocycles. The summed E-state index contributed by atoms with van der Waals surface area (Å²) in [6, 6.07) is 16.9. The highest BCUT2D eigenvalue weighted by atomic mass is 16.6. The summed E-state index contributed by atoms with van der Waals surface area (Å²) in [4.78, 5) is 35.8. The van der Waals surface area contributed by atoms with E-state index in [9.17, 15) is 19.5 Å². The Kier molecular flexibility index (Phi) is 8.35. The van der Waals surface area contributed by atoms with Gasteiger partial charge in [0.15, 0.2) is 6.10 Å². The van der Waals surface area contributed by atoms with Crippen molar-refractivity contribution in [2.75, 3.05) is 13.2 Å². The summed E-state index contributed by atoms with van der Waals surface area (Å²) in [6.07, 6.45) is -2.83. The molecule has 2 aromatic rings. The highest BCUT2D eigenvalue weighted by Gasteiger charge is 2.46. The largest absolute Gasteiger partial charge is 0.466 e. The molecule has 1 fully saturated rings. The second kappa shape index (κ2) is 11.4. The van der Waals surface area contributed by atoms with Gasteiger partial charge in [-0.05, 0) is 37.1 Å². The van der Waals surface area contributed by atoms with Crippen LogP contribution in [0.4, 0.5) is 0 Å². The fourth-order valence-corrected chi connectivity index (χ4v) is 3.41. The summed E-state index contributed by atoms with van der Waals surface area (Å²) in [5, 5.41) is 10.8. The highest BCUT2D eigenvalue weighted by molar-refractivity contribution is 5.90. The predicted octanol–water partition coefficient (Wildman–Crippen LogP) is 2.54. The Bertz CT molecular complexity index is 899. The van der Waals surface area contributed by atoms with E-state index in [2.05, 4.69) is 0 Å². The molecule has 8 nitrogen and oxygen atoms in total. The van der Waals surface area contributed by atoms with Gasteiger partial charge < -0.3 is 24.1 Å². The molecular formula is C24H26O8. The van der Waals surface area contributed by atoms with Crippen molar-refractivity contribution in [3.05, 3.63) is 71.8 Å². The lowest BCUT2D eigenvalue weighted by Crippen LogP contribution is -2.39. The fourth-order valence-electron chi connectivity index (χ4n) is 3.41. The molecule has 0 spiro atoms. The normalized spacial score (nSPS) is 22.2. The van der Waals surface area contributed by atoms with E-state index in [4.69, 9.17) is 18.9 Å². The van der Waals surface area contributed by atoms with Gasteiger partial charge in [0.25, 0.3) is 0 Å². The molecule has 2 aromatic carbocycles. The van der Waals surface area contributed by atoms with E-state index in [1.807, 2.05) is 0 Å². The smallest absolute Gasteiger partial charge is 0.338 e. The van der Waals surface area contributed by atoms with Gasteiger partial charge >= 0.3 is 17.9 Å². The maximum Gasteiger partial charge on any atom is 0.338 e. The van der Waals surface area contributed by atoms with Gasteiger partial charge in [0.1, 0.15) is 18.8 Å². The van der Waals surface area contributed by atoms with E-state index in [0.29, 0.717) is 24.0 Å². The van der Waals surface area contributed by atoms with E-state index in [-0.39, 0.29) is 13.2 Å². The van der Waals surface area contributed by atoms with Gasteiger partial charge in [-0.1, -0.05) is 36.4 Å². The third-order valence-electron chi connectivity index (χ3n) is 5.01. The molecule has 1 aliphatic rings. The molecule has 1 aliphatic heterocycles. The minimum atomic E-state index is -1.12. The molecule has 0 amide bonds. The molecule has 0 aliphatic carbocycles. The number of hydrogen-bond donors (Lipinski definition) is 1. The van der Waals surface area contributed by atoms with Gasteiger partial charge in [0.2, 0.25) is 0 Å². The third kappa shape index (κ3) is 6.38. The molecule has 8 heteroatoms. The van der Waals surface area contributed by atoms with Crippen LogP contribution >= 0.6 is 0 Å². The zero-order chi connectivity index (χ0) is 22.9. The van der Waals surface area contributed by atoms with Crippen LogP contribution in [0.3, 0.4) is 0 Å². The lowest BCUT2D eigenvalue weighted by molar-refractivity contribution is -0.141. The molecule has 4 atom stereocenters. The summed E-state index contributed by atoms with van der Waals surface area (Å²) >= 11 is 0. The Balaban J connectivity index is 1.65. The molecule has 170 valence electrons. The average Bonchev–Trinajstić information content (AvgIpc) is 3.10. The first-order valence-electron chi connectivity index (χ1n) is 10.4. The van der Waals surface area contributed by atoms with Gasteiger partial charge in [-0.15, -0.1) is 0 Å². The fraction of sp³-hybridized carbons (Fsp3) is 0.375. The van der Waals surface area contributed by atoms with Crippen molar-refractivity contribution in [2.45, 2.75) is 44.2 Å². The van der Waals surface area contributed by atoms with E-state index >= 15 is 0 Å². The number of carbonyl (C=O) groups is 3. The maximum absolute atomic E-state index is 12.5. The molecule has 0 radical (unpaired) electrons. The second-order valence-electron chi connectivity index (χ2n) is 7.39. The van der Waals surface area contributed by atoms with E-state index < -0.39 is 42.3 Å². The average molecular weight is 442 g/mol. The van der Waals surface area contributed by atoms with Crippen molar-refractivity contribution < 1.29 is 38.4 Å². The minimum absolute atomic E-state index is 0.185. The van der Waals surface area contributed by atoms with Crippen molar-refractivity contribution in [3.63, 3.8) is 0 Å². The Morgan fingerprint density at radius 3 is 2.06 bits per heavy atom. The Morgan fingerprint density at radius 2 is 1.47 bits per heavy atom. The van der Waals surface area contributed by atoms with E-state index in [0.717, 1.165) is 0 Å². The van der Waals surface area contributed by atoms with E-state index in [1.165, 1.54) is 6.92 Å². The van der Waals surface area contributed by atoms with Gasteiger partial charge in [0, 0.05) is 6.92 Å². The highest BCUT2D eigenvalue weighted by Crippen LogP contribution is 2.28. The first kappa shape index (κ1) is 23.4. The number of carbonyl (C=O) groups excluding carboxylic acids is 3. The van der Waals surface area contributed by atoms with Gasteiger partial charge in [-0.25, -0.2) is 9.59 Å². The van der Waals surface area contributed by atoms with Crippen LogP contribution in [-0.4, -0.2) is 60.6 Å². The van der Waals surface area contributed by atoms with Crippen LogP contribution in [0.15, 0.2) is 60.7 Å². The molecule has 3 rings (SSSR count). The summed E-state index contributed by atoms with van der Waals surface area (Å²) in [7, 11) is 0. The molecule has 32 heavy (non-hydrogen) atoms. The molecule has 2 unspecified atom stereocenters. The van der Waals surface area contributed by atoms with Gasteiger partial charge in [0.05, 0.1) is 23.8 Å². The molecule has 0 saturated carbocycles. The molecule has 0 bridgehead atoms. The maximum atomic E-state index is 12.5. The number of hydrogen-bond acceptors (Lipinski definition) is 8. The lowest BCUT2D eigenvalue weighted by atomic mass is 10.0. The molecule has 1 saturated heterocycles. The quantitative estimate of drug-likeness (QED) is 0.359. The number of ether oxygens (including phenoxy) is 4. The number of esters is 3. The topological polar surface area (TPSA) is 108 Å². The second-order valence-corrected chi connectivity index (χ2v) is 7.39. The zero-order valence-electron chi connectivity index (χ0n) is 17.7. The van der Waals surface area contributed by atoms with Crippen LogP contribution in [-0.2, 0) is 23.7 Å². The monoisotopic (exact) mass is 442 g/mol. The summed E-state index contributed by atoms with van der Waals surface area (Å²) in [6.45, 7) is 1.30. The van der Waals surface area contributed by atoms with Crippen molar-refractivity contribution in [3.8, 4) is 0 Å². The zero-order valence-corrected chi connectivity index (χ0v) is 17.7. The van der Waals surface area contributed by atoms with Crippen molar-refractivity contribution in [1.29, 1.82) is 0 Å². The van der Waals surface area contributed by atoms with Gasteiger partial charge in [-0.2, -0.15) is 0 Å². The SMILES string of the molecule is CC(=O)OCCC[C@H]1O[C@@H](COC(=O)c2ccccc2)C(OC(=O)c2ccccc2)C1O. The summed E-state index contributed by atoms with van der Waals surface area (Å²) < 4.78 is 21.7. The summed E-state index contributed by atoms with van der Waals surface area (Å²) in [5.74, 6) is -1.55. The predicted molar refractivity (Wildman–Crippen MR) is 113 cm³/mol. The van der Waals surface area contributed by atoms with Crippen LogP contribution in [0.25, 0.3) is 0 Å². The van der Waals surface area contributed by atoms with Crippen molar-refractivity contribution in [1.82, 2.24) is 0 Å². The number of aliphatic hydroxyl groups is 1.